The molecule has 1 fully saturated rings. The summed E-state index contributed by atoms with van der Waals surface area (Å²) in [5.74, 6) is -0.822. The van der Waals surface area contributed by atoms with Gasteiger partial charge in [0.15, 0.2) is 0 Å². The normalized spacial score (nSPS) is 14.5. The second-order valence-corrected chi connectivity index (χ2v) is 10.2. The Hall–Kier alpha value is -2.75. The van der Waals surface area contributed by atoms with Gasteiger partial charge in [-0.3, -0.25) is 14.5 Å². The molecular formula is C23H30N4O4S. The van der Waals surface area contributed by atoms with Crippen molar-refractivity contribution >= 4 is 21.8 Å². The topological polar surface area (TPSA) is 98.8 Å². The molecular weight excluding hydrogens is 428 g/mol. The smallest absolute Gasteiger partial charge is 0.251 e. The standard InChI is InChI=1S/C23H30N4O4S/c1-26(2)32(30,31)21-11-7-10-18(14-21)23(29)25-16-22(28)24-15-19-8-3-4-9-20(19)17-27-12-5-6-13-27/h3-4,7-11,14H,5-6,12-13,15-17H2,1-2H3,(H,24,28)(H,25,29). The number of nitrogens with one attached hydrogen (secondary N) is 2. The summed E-state index contributed by atoms with van der Waals surface area (Å²) >= 11 is 0. The van der Waals surface area contributed by atoms with E-state index in [1.165, 1.54) is 56.8 Å². The van der Waals surface area contributed by atoms with Gasteiger partial charge in [-0.1, -0.05) is 30.3 Å². The van der Waals surface area contributed by atoms with E-state index >= 15 is 0 Å². The van der Waals surface area contributed by atoms with Crippen LogP contribution in [0.5, 0.6) is 0 Å². The molecule has 0 aromatic heterocycles. The second-order valence-electron chi connectivity index (χ2n) is 8.03. The quantitative estimate of drug-likeness (QED) is 0.595. The fourth-order valence-electron chi connectivity index (χ4n) is 3.59. The number of amides is 2. The molecule has 0 bridgehead atoms. The zero-order valence-electron chi connectivity index (χ0n) is 18.5. The number of sulfonamides is 1. The first-order valence-corrected chi connectivity index (χ1v) is 12.1. The van der Waals surface area contributed by atoms with E-state index in [-0.39, 0.29) is 22.9 Å². The van der Waals surface area contributed by atoms with Crippen LogP contribution in [-0.2, 0) is 27.9 Å². The molecule has 0 unspecified atom stereocenters. The van der Waals surface area contributed by atoms with Crippen molar-refractivity contribution in [2.45, 2.75) is 30.8 Å². The predicted octanol–water partition coefficient (Wildman–Crippen LogP) is 1.58. The van der Waals surface area contributed by atoms with Gasteiger partial charge in [-0.15, -0.1) is 0 Å². The van der Waals surface area contributed by atoms with Crippen LogP contribution in [0.3, 0.4) is 0 Å². The molecule has 3 rings (SSSR count). The molecule has 0 aliphatic carbocycles. The first kappa shape index (κ1) is 23.9. The van der Waals surface area contributed by atoms with E-state index in [4.69, 9.17) is 0 Å². The minimum atomic E-state index is -3.65. The first-order valence-electron chi connectivity index (χ1n) is 10.6. The first-order chi connectivity index (χ1) is 15.3. The lowest BCUT2D eigenvalue weighted by Crippen LogP contribution is -2.37. The lowest BCUT2D eigenvalue weighted by atomic mass is 10.1. The third-order valence-electron chi connectivity index (χ3n) is 5.47. The van der Waals surface area contributed by atoms with Gasteiger partial charge < -0.3 is 10.6 Å². The number of carbonyl (C=O) groups excluding carboxylic acids is 2. The van der Waals surface area contributed by atoms with Crippen LogP contribution in [0.15, 0.2) is 53.4 Å². The van der Waals surface area contributed by atoms with E-state index in [2.05, 4.69) is 21.6 Å². The van der Waals surface area contributed by atoms with Gasteiger partial charge in [0.2, 0.25) is 15.9 Å². The highest BCUT2D eigenvalue weighted by atomic mass is 32.2. The fraction of sp³-hybridized carbons (Fsp3) is 0.391. The summed E-state index contributed by atoms with van der Waals surface area (Å²) in [4.78, 5) is 27.1. The lowest BCUT2D eigenvalue weighted by molar-refractivity contribution is -0.120. The summed E-state index contributed by atoms with van der Waals surface area (Å²) in [5.41, 5.74) is 2.43. The van der Waals surface area contributed by atoms with Gasteiger partial charge in [0.1, 0.15) is 0 Å². The summed E-state index contributed by atoms with van der Waals surface area (Å²) in [7, 11) is -0.793. The molecule has 32 heavy (non-hydrogen) atoms. The maximum Gasteiger partial charge on any atom is 0.251 e. The van der Waals surface area contributed by atoms with E-state index in [0.717, 1.165) is 29.5 Å². The summed E-state index contributed by atoms with van der Waals surface area (Å²) in [5, 5.41) is 5.40. The number of carbonyl (C=O) groups is 2. The minimum Gasteiger partial charge on any atom is -0.350 e. The van der Waals surface area contributed by atoms with Crippen LogP contribution in [0.4, 0.5) is 0 Å². The van der Waals surface area contributed by atoms with Gasteiger partial charge in [-0.2, -0.15) is 0 Å². The molecule has 2 aromatic carbocycles. The maximum absolute atomic E-state index is 12.4. The molecule has 8 nitrogen and oxygen atoms in total. The zero-order chi connectivity index (χ0) is 23.1. The number of nitrogens with zero attached hydrogens (tertiary/aromatic N) is 2. The largest absolute Gasteiger partial charge is 0.350 e. The van der Waals surface area contributed by atoms with E-state index in [1.54, 1.807) is 0 Å². The van der Waals surface area contributed by atoms with E-state index < -0.39 is 15.9 Å². The van der Waals surface area contributed by atoms with E-state index in [1.807, 2.05) is 18.2 Å². The van der Waals surface area contributed by atoms with E-state index in [0.29, 0.717) is 6.54 Å². The van der Waals surface area contributed by atoms with Crippen LogP contribution in [0, 0.1) is 0 Å². The van der Waals surface area contributed by atoms with Crippen molar-refractivity contribution in [3.05, 3.63) is 65.2 Å². The Morgan fingerprint density at radius 1 is 0.969 bits per heavy atom. The molecule has 2 N–H and O–H groups in total. The number of hydrogen-bond donors (Lipinski definition) is 2. The molecule has 0 atom stereocenters. The van der Waals surface area contributed by atoms with Crippen molar-refractivity contribution in [3.63, 3.8) is 0 Å². The van der Waals surface area contributed by atoms with Crippen molar-refractivity contribution in [3.8, 4) is 0 Å². The Morgan fingerprint density at radius 3 is 2.34 bits per heavy atom. The Morgan fingerprint density at radius 2 is 1.66 bits per heavy atom. The zero-order valence-corrected chi connectivity index (χ0v) is 19.3. The Bertz CT molecular complexity index is 1060. The average molecular weight is 459 g/mol. The maximum atomic E-state index is 12.4. The van der Waals surface area contributed by atoms with Gasteiger partial charge in [0, 0.05) is 32.7 Å². The molecule has 0 radical (unpaired) electrons. The number of hydrogen-bond acceptors (Lipinski definition) is 5. The van der Waals surface area contributed by atoms with Gasteiger partial charge in [0.05, 0.1) is 11.4 Å². The highest BCUT2D eigenvalue weighted by molar-refractivity contribution is 7.89. The van der Waals surface area contributed by atoms with Crippen molar-refractivity contribution in [1.82, 2.24) is 19.8 Å². The summed E-state index contributed by atoms with van der Waals surface area (Å²) < 4.78 is 25.6. The summed E-state index contributed by atoms with van der Waals surface area (Å²) in [6.45, 7) is 3.26. The molecule has 2 amide bonds. The van der Waals surface area contributed by atoms with Gasteiger partial charge >= 0.3 is 0 Å². The van der Waals surface area contributed by atoms with Crippen molar-refractivity contribution < 1.29 is 18.0 Å². The summed E-state index contributed by atoms with van der Waals surface area (Å²) in [6.07, 6.45) is 2.45. The molecule has 9 heteroatoms. The van der Waals surface area contributed by atoms with E-state index in [9.17, 15) is 18.0 Å². The molecule has 2 aromatic rings. The average Bonchev–Trinajstić information content (AvgIpc) is 3.30. The van der Waals surface area contributed by atoms with Crippen molar-refractivity contribution in [1.29, 1.82) is 0 Å². The molecule has 1 aliphatic rings. The SMILES string of the molecule is CN(C)S(=O)(=O)c1cccc(C(=O)NCC(=O)NCc2ccccc2CN2CCCC2)c1. The van der Waals surface area contributed by atoms with Crippen LogP contribution >= 0.6 is 0 Å². The summed E-state index contributed by atoms with van der Waals surface area (Å²) in [6, 6.07) is 13.8. The van der Waals surface area contributed by atoms with Gasteiger partial charge in [0.25, 0.3) is 5.91 Å². The van der Waals surface area contributed by atoms with Gasteiger partial charge in [-0.25, -0.2) is 12.7 Å². The van der Waals surface area contributed by atoms with Crippen LogP contribution in [-0.4, -0.2) is 63.2 Å². The van der Waals surface area contributed by atoms with Crippen molar-refractivity contribution in [2.75, 3.05) is 33.7 Å². The molecule has 0 saturated carbocycles. The molecule has 0 spiro atoms. The monoisotopic (exact) mass is 458 g/mol. The number of rotatable bonds is 9. The van der Waals surface area contributed by atoms with Crippen LogP contribution in [0.25, 0.3) is 0 Å². The van der Waals surface area contributed by atoms with Crippen LogP contribution in [0.1, 0.15) is 34.3 Å². The third-order valence-corrected chi connectivity index (χ3v) is 7.28. The molecule has 1 heterocycles. The number of benzene rings is 2. The Labute approximate surface area is 189 Å². The molecule has 1 aliphatic heterocycles. The fourth-order valence-corrected chi connectivity index (χ4v) is 4.54. The van der Waals surface area contributed by atoms with Crippen LogP contribution in [0.2, 0.25) is 0 Å². The van der Waals surface area contributed by atoms with Crippen LogP contribution < -0.4 is 10.6 Å². The predicted molar refractivity (Wildman–Crippen MR) is 122 cm³/mol. The number of likely N-dealkylation sites (tertiary alicyclic amines) is 1. The minimum absolute atomic E-state index is 0.0224. The Kier molecular flexibility index (Phi) is 8.00. The molecule has 1 saturated heterocycles. The van der Waals surface area contributed by atoms with Crippen molar-refractivity contribution in [2.24, 2.45) is 0 Å². The molecule has 172 valence electrons. The second kappa shape index (κ2) is 10.7. The Balaban J connectivity index is 1.53. The van der Waals surface area contributed by atoms with Gasteiger partial charge in [-0.05, 0) is 55.3 Å². The lowest BCUT2D eigenvalue weighted by Gasteiger charge is -2.17. The third kappa shape index (κ3) is 6.15. The highest BCUT2D eigenvalue weighted by Crippen LogP contribution is 2.16. The highest BCUT2D eigenvalue weighted by Gasteiger charge is 2.19.